The van der Waals surface area contributed by atoms with Gasteiger partial charge in [0.15, 0.2) is 0 Å². The maximum absolute atomic E-state index is 4.36. The molecule has 3 rings (SSSR count). The summed E-state index contributed by atoms with van der Waals surface area (Å²) in [6, 6.07) is 13.4. The van der Waals surface area contributed by atoms with Crippen LogP contribution in [0, 0.1) is 6.92 Å². The van der Waals surface area contributed by atoms with Crippen molar-refractivity contribution >= 4 is 5.69 Å². The van der Waals surface area contributed by atoms with Crippen molar-refractivity contribution in [2.24, 2.45) is 0 Å². The van der Waals surface area contributed by atoms with Gasteiger partial charge in [-0.25, -0.2) is 0 Å². The van der Waals surface area contributed by atoms with Crippen molar-refractivity contribution in [1.82, 2.24) is 4.98 Å². The third-order valence-electron chi connectivity index (χ3n) is 3.87. The zero-order valence-electron chi connectivity index (χ0n) is 11.4. The van der Waals surface area contributed by atoms with Gasteiger partial charge in [-0.05, 0) is 49.4 Å². The van der Waals surface area contributed by atoms with Crippen molar-refractivity contribution in [3.05, 3.63) is 59.4 Å². The minimum atomic E-state index is 0.420. The van der Waals surface area contributed by atoms with E-state index >= 15 is 0 Å². The number of hydrogen-bond donors (Lipinski definition) is 1. The third kappa shape index (κ3) is 2.78. The van der Waals surface area contributed by atoms with Crippen molar-refractivity contribution in [3.63, 3.8) is 0 Å². The van der Waals surface area contributed by atoms with Crippen molar-refractivity contribution in [3.8, 4) is 0 Å². The van der Waals surface area contributed by atoms with Gasteiger partial charge < -0.3 is 5.32 Å². The fourth-order valence-corrected chi connectivity index (χ4v) is 2.83. The van der Waals surface area contributed by atoms with Crippen molar-refractivity contribution in [2.45, 2.75) is 38.6 Å². The van der Waals surface area contributed by atoms with Gasteiger partial charge in [-0.15, -0.1) is 0 Å². The minimum Gasteiger partial charge on any atom is -0.377 e. The summed E-state index contributed by atoms with van der Waals surface area (Å²) in [6.45, 7) is 2.02. The first-order valence-corrected chi connectivity index (χ1v) is 7.10. The van der Waals surface area contributed by atoms with Crippen LogP contribution in [0.25, 0.3) is 0 Å². The standard InChI is InChI=1S/C17H20N2/c1-13-10-11-15(12-18-13)19-17-9-5-3-7-14-6-2-4-8-16(14)17/h2,4,6,8,10-12,17,19H,3,5,7,9H2,1H3. The van der Waals surface area contributed by atoms with Crippen LogP contribution >= 0.6 is 0 Å². The van der Waals surface area contributed by atoms with Gasteiger partial charge in [0, 0.05) is 5.69 Å². The van der Waals surface area contributed by atoms with Gasteiger partial charge in [0.25, 0.3) is 0 Å². The molecule has 98 valence electrons. The number of benzene rings is 1. The van der Waals surface area contributed by atoms with E-state index in [9.17, 15) is 0 Å². The largest absolute Gasteiger partial charge is 0.377 e. The highest BCUT2D eigenvalue weighted by Crippen LogP contribution is 2.31. The van der Waals surface area contributed by atoms with Crippen LogP contribution in [0.5, 0.6) is 0 Å². The van der Waals surface area contributed by atoms with Gasteiger partial charge in [-0.2, -0.15) is 0 Å². The summed E-state index contributed by atoms with van der Waals surface area (Å²) in [5.41, 5.74) is 5.14. The summed E-state index contributed by atoms with van der Waals surface area (Å²) in [6.07, 6.45) is 6.92. The third-order valence-corrected chi connectivity index (χ3v) is 3.87. The quantitative estimate of drug-likeness (QED) is 0.807. The lowest BCUT2D eigenvalue weighted by Crippen LogP contribution is -2.11. The molecule has 1 aromatic carbocycles. The summed E-state index contributed by atoms with van der Waals surface area (Å²) >= 11 is 0. The second kappa shape index (κ2) is 5.43. The van der Waals surface area contributed by atoms with Crippen molar-refractivity contribution in [1.29, 1.82) is 0 Å². The highest BCUT2D eigenvalue weighted by atomic mass is 14.9. The Bertz CT molecular complexity index is 545. The highest BCUT2D eigenvalue weighted by Gasteiger charge is 2.17. The number of aromatic nitrogens is 1. The highest BCUT2D eigenvalue weighted by molar-refractivity contribution is 5.45. The Labute approximate surface area is 114 Å². The first-order valence-electron chi connectivity index (χ1n) is 7.10. The normalized spacial score (nSPS) is 18.5. The van der Waals surface area contributed by atoms with Gasteiger partial charge >= 0.3 is 0 Å². The van der Waals surface area contributed by atoms with Crippen LogP contribution in [0.15, 0.2) is 42.6 Å². The predicted octanol–water partition coefficient (Wildman–Crippen LogP) is 4.27. The lowest BCUT2D eigenvalue weighted by atomic mass is 9.99. The van der Waals surface area contributed by atoms with Crippen LogP contribution in [-0.4, -0.2) is 4.98 Å². The van der Waals surface area contributed by atoms with Crippen LogP contribution in [0.2, 0.25) is 0 Å². The fourth-order valence-electron chi connectivity index (χ4n) is 2.83. The van der Waals surface area contributed by atoms with Crippen molar-refractivity contribution < 1.29 is 0 Å². The Hall–Kier alpha value is -1.83. The van der Waals surface area contributed by atoms with E-state index in [0.717, 1.165) is 11.4 Å². The number of pyridine rings is 1. The second-order valence-electron chi connectivity index (χ2n) is 5.33. The number of nitrogens with zero attached hydrogens (tertiary/aromatic N) is 1. The lowest BCUT2D eigenvalue weighted by molar-refractivity contribution is 0.644. The first kappa shape index (κ1) is 12.2. The molecule has 2 nitrogen and oxygen atoms in total. The number of aryl methyl sites for hydroxylation is 2. The van der Waals surface area contributed by atoms with E-state index in [1.807, 2.05) is 13.1 Å². The smallest absolute Gasteiger partial charge is 0.0531 e. The van der Waals surface area contributed by atoms with E-state index in [1.54, 1.807) is 0 Å². The number of hydrogen-bond acceptors (Lipinski definition) is 2. The molecule has 0 saturated heterocycles. The second-order valence-corrected chi connectivity index (χ2v) is 5.33. The van der Waals surface area contributed by atoms with Gasteiger partial charge in [-0.1, -0.05) is 30.7 Å². The van der Waals surface area contributed by atoms with Crippen LogP contribution in [0.4, 0.5) is 5.69 Å². The van der Waals surface area contributed by atoms with E-state index in [-0.39, 0.29) is 0 Å². The maximum Gasteiger partial charge on any atom is 0.0531 e. The van der Waals surface area contributed by atoms with Crippen LogP contribution in [-0.2, 0) is 6.42 Å². The Morgan fingerprint density at radius 2 is 2.00 bits per heavy atom. The molecule has 2 heteroatoms. The van der Waals surface area contributed by atoms with Crippen molar-refractivity contribution in [2.75, 3.05) is 5.32 Å². The molecule has 0 fully saturated rings. The Morgan fingerprint density at radius 3 is 2.84 bits per heavy atom. The molecule has 1 heterocycles. The minimum absolute atomic E-state index is 0.420. The van der Waals surface area contributed by atoms with E-state index < -0.39 is 0 Å². The molecule has 2 aromatic rings. The lowest BCUT2D eigenvalue weighted by Gasteiger charge is -2.20. The van der Waals surface area contributed by atoms with E-state index in [0.29, 0.717) is 6.04 Å². The van der Waals surface area contributed by atoms with Crippen LogP contribution in [0.3, 0.4) is 0 Å². The topological polar surface area (TPSA) is 24.9 Å². The molecule has 0 radical (unpaired) electrons. The van der Waals surface area contributed by atoms with Gasteiger partial charge in [0.1, 0.15) is 0 Å². The van der Waals surface area contributed by atoms with Crippen LogP contribution < -0.4 is 5.32 Å². The predicted molar refractivity (Wildman–Crippen MR) is 79.3 cm³/mol. The maximum atomic E-state index is 4.36. The molecular weight excluding hydrogens is 232 g/mol. The average Bonchev–Trinajstić information content (AvgIpc) is 2.64. The van der Waals surface area contributed by atoms with Gasteiger partial charge in [0.05, 0.1) is 17.9 Å². The molecule has 1 N–H and O–H groups in total. The van der Waals surface area contributed by atoms with Gasteiger partial charge in [-0.3, -0.25) is 4.98 Å². The SMILES string of the molecule is Cc1ccc(NC2CCCCc3ccccc32)cn1. The first-order chi connectivity index (χ1) is 9.33. The molecule has 0 saturated carbocycles. The summed E-state index contributed by atoms with van der Waals surface area (Å²) in [7, 11) is 0. The van der Waals surface area contributed by atoms with E-state index in [2.05, 4.69) is 46.7 Å². The Kier molecular flexibility index (Phi) is 3.49. The number of rotatable bonds is 2. The Balaban J connectivity index is 1.86. The molecule has 1 atom stereocenters. The zero-order chi connectivity index (χ0) is 13.1. The molecular formula is C17H20N2. The number of nitrogens with one attached hydrogen (secondary N) is 1. The number of anilines is 1. The number of fused-ring (bicyclic) bond motifs is 1. The van der Waals surface area contributed by atoms with Gasteiger partial charge in [0.2, 0.25) is 0 Å². The molecule has 0 spiro atoms. The summed E-state index contributed by atoms with van der Waals surface area (Å²) in [4.78, 5) is 4.36. The van der Waals surface area contributed by atoms with E-state index in [1.165, 1.54) is 36.8 Å². The summed E-state index contributed by atoms with van der Waals surface area (Å²) in [5, 5.41) is 3.64. The summed E-state index contributed by atoms with van der Waals surface area (Å²) in [5.74, 6) is 0. The molecule has 19 heavy (non-hydrogen) atoms. The Morgan fingerprint density at radius 1 is 1.11 bits per heavy atom. The zero-order valence-corrected chi connectivity index (χ0v) is 11.4. The fraction of sp³-hybridized carbons (Fsp3) is 0.353. The molecule has 1 aliphatic rings. The van der Waals surface area contributed by atoms with E-state index in [4.69, 9.17) is 0 Å². The monoisotopic (exact) mass is 252 g/mol. The molecule has 1 aliphatic carbocycles. The summed E-state index contributed by atoms with van der Waals surface area (Å²) < 4.78 is 0. The van der Waals surface area contributed by atoms with Crippen LogP contribution in [0.1, 0.15) is 42.1 Å². The average molecular weight is 252 g/mol. The molecule has 1 aromatic heterocycles. The molecule has 0 aliphatic heterocycles. The molecule has 0 bridgehead atoms. The molecule has 1 unspecified atom stereocenters. The molecule has 0 amide bonds.